The molecule has 1 spiro atoms. The van der Waals surface area contributed by atoms with Crippen LogP contribution in [-0.2, 0) is 32.1 Å². The summed E-state index contributed by atoms with van der Waals surface area (Å²) in [4.78, 5) is 41.1. The molecule has 2 bridgehead atoms. The molecule has 168 valence electrons. The Hall–Kier alpha value is -2.67. The lowest BCUT2D eigenvalue weighted by atomic mass is 9.73. The highest BCUT2D eigenvalue weighted by molar-refractivity contribution is 5.94. The van der Waals surface area contributed by atoms with Crippen molar-refractivity contribution in [2.45, 2.75) is 64.1 Å². The highest BCUT2D eigenvalue weighted by atomic mass is 16.5. The predicted octanol–water partition coefficient (Wildman–Crippen LogP) is 2.49. The molecule has 2 unspecified atom stereocenters. The van der Waals surface area contributed by atoms with Gasteiger partial charge in [-0.25, -0.2) is 9.59 Å². The van der Waals surface area contributed by atoms with Gasteiger partial charge in [0, 0.05) is 36.8 Å². The van der Waals surface area contributed by atoms with Gasteiger partial charge in [-0.05, 0) is 62.6 Å². The fraction of sp³-hybridized carbons (Fsp3) is 0.560. The molecule has 1 aromatic carbocycles. The van der Waals surface area contributed by atoms with E-state index in [9.17, 15) is 14.4 Å². The quantitative estimate of drug-likeness (QED) is 0.675. The van der Waals surface area contributed by atoms with Crippen molar-refractivity contribution in [2.24, 2.45) is 5.41 Å². The summed E-state index contributed by atoms with van der Waals surface area (Å²) in [5.74, 6) is -0.368. The Balaban J connectivity index is 1.15. The maximum atomic E-state index is 13.4. The molecule has 0 N–H and O–H groups in total. The van der Waals surface area contributed by atoms with Crippen LogP contribution >= 0.6 is 0 Å². The summed E-state index contributed by atoms with van der Waals surface area (Å²) in [6.45, 7) is 4.36. The van der Waals surface area contributed by atoms with Crippen LogP contribution in [-0.4, -0.2) is 59.4 Å². The molecule has 5 heterocycles. The van der Waals surface area contributed by atoms with E-state index in [0.29, 0.717) is 30.8 Å². The molecule has 0 radical (unpaired) electrons. The minimum atomic E-state index is -0.346. The van der Waals surface area contributed by atoms with Gasteiger partial charge in [-0.3, -0.25) is 9.69 Å². The normalized spacial score (nSPS) is 31.3. The number of carbonyl (C=O) groups excluding carboxylic acids is 3. The van der Waals surface area contributed by atoms with E-state index in [-0.39, 0.29) is 29.9 Å². The van der Waals surface area contributed by atoms with Crippen LogP contribution in [0.4, 0.5) is 0 Å². The lowest BCUT2D eigenvalue weighted by molar-refractivity contribution is -0.139. The summed E-state index contributed by atoms with van der Waals surface area (Å²) < 4.78 is 10.2. The summed E-state index contributed by atoms with van der Waals surface area (Å²) in [6.07, 6.45) is 7.40. The third kappa shape index (κ3) is 2.94. The second-order valence-electron chi connectivity index (χ2n) is 9.96. The Labute approximate surface area is 187 Å². The van der Waals surface area contributed by atoms with E-state index in [1.54, 1.807) is 4.90 Å². The van der Waals surface area contributed by atoms with E-state index in [4.69, 9.17) is 9.47 Å². The van der Waals surface area contributed by atoms with E-state index in [1.807, 2.05) is 6.07 Å². The first-order valence-corrected chi connectivity index (χ1v) is 11.7. The highest BCUT2D eigenvalue weighted by Gasteiger charge is 2.56. The molecule has 2 atom stereocenters. The first-order chi connectivity index (χ1) is 15.4. The third-order valence-corrected chi connectivity index (χ3v) is 8.45. The fourth-order valence-electron chi connectivity index (χ4n) is 6.72. The fourth-order valence-corrected chi connectivity index (χ4v) is 6.72. The van der Waals surface area contributed by atoms with Crippen molar-refractivity contribution < 1.29 is 23.9 Å². The molecule has 1 aromatic rings. The van der Waals surface area contributed by atoms with E-state index in [0.717, 1.165) is 56.3 Å². The number of cyclic esters (lactones) is 2. The lowest BCUT2D eigenvalue weighted by Crippen LogP contribution is -2.51. The molecular formula is C25H28N2O5. The molecule has 3 saturated heterocycles. The van der Waals surface area contributed by atoms with Crippen LogP contribution in [0.3, 0.4) is 0 Å². The summed E-state index contributed by atoms with van der Waals surface area (Å²) in [6, 6.07) is 4.86. The maximum absolute atomic E-state index is 13.4. The first-order valence-electron chi connectivity index (χ1n) is 11.7. The molecule has 5 aliphatic heterocycles. The molecule has 7 heteroatoms. The summed E-state index contributed by atoms with van der Waals surface area (Å²) in [5, 5.41) is 0. The van der Waals surface area contributed by atoms with Crippen molar-refractivity contribution in [1.82, 2.24) is 9.80 Å². The van der Waals surface area contributed by atoms with Crippen molar-refractivity contribution in [3.05, 3.63) is 46.2 Å². The van der Waals surface area contributed by atoms with Gasteiger partial charge in [0.15, 0.2) is 0 Å². The topological polar surface area (TPSA) is 76.2 Å². The number of hydrogen-bond donors (Lipinski definition) is 0. The molecule has 32 heavy (non-hydrogen) atoms. The zero-order chi connectivity index (χ0) is 22.0. The lowest BCUT2D eigenvalue weighted by Gasteiger charge is -2.44. The average Bonchev–Trinajstić information content (AvgIpc) is 3.50. The Morgan fingerprint density at radius 1 is 1.06 bits per heavy atom. The minimum absolute atomic E-state index is 0.192. The number of likely N-dealkylation sites (tertiary alicyclic amines) is 1. The van der Waals surface area contributed by atoms with Crippen LogP contribution in [0.1, 0.15) is 59.2 Å². The zero-order valence-corrected chi connectivity index (χ0v) is 18.4. The van der Waals surface area contributed by atoms with Crippen LogP contribution in [0.5, 0.6) is 0 Å². The van der Waals surface area contributed by atoms with Crippen LogP contribution in [0.15, 0.2) is 23.9 Å². The standard InChI is InChI=1S/C25H28N2O5/c1-15-16(2-5-20-21(15)14-32-23(20)29)6-8-26-17-3-4-18(26)12-25(11-17)7-9-27(24(25)30)19-10-22(28)31-13-19/h2,5,10,17-18H,3-4,6-9,11-14H2,1H3. The van der Waals surface area contributed by atoms with Gasteiger partial charge in [0.2, 0.25) is 5.91 Å². The minimum Gasteiger partial charge on any atom is -0.457 e. The Bertz CT molecular complexity index is 1050. The number of hydrogen-bond acceptors (Lipinski definition) is 6. The van der Waals surface area contributed by atoms with Gasteiger partial charge in [0.05, 0.1) is 16.7 Å². The molecule has 0 saturated carbocycles. The molecule has 5 aliphatic rings. The number of esters is 2. The zero-order valence-electron chi connectivity index (χ0n) is 18.4. The molecular weight excluding hydrogens is 408 g/mol. The van der Waals surface area contributed by atoms with Gasteiger partial charge in [0.1, 0.15) is 13.2 Å². The molecule has 0 aromatic heterocycles. The van der Waals surface area contributed by atoms with Gasteiger partial charge in [-0.1, -0.05) is 6.07 Å². The van der Waals surface area contributed by atoms with Crippen molar-refractivity contribution >= 4 is 17.8 Å². The first kappa shape index (κ1) is 20.0. The Morgan fingerprint density at radius 2 is 1.84 bits per heavy atom. The van der Waals surface area contributed by atoms with E-state index >= 15 is 0 Å². The monoisotopic (exact) mass is 436 g/mol. The smallest absolute Gasteiger partial charge is 0.338 e. The summed E-state index contributed by atoms with van der Waals surface area (Å²) >= 11 is 0. The van der Waals surface area contributed by atoms with Crippen LogP contribution in [0, 0.1) is 12.3 Å². The number of benzene rings is 1. The number of fused-ring (bicyclic) bond motifs is 3. The number of rotatable bonds is 4. The predicted molar refractivity (Wildman–Crippen MR) is 115 cm³/mol. The largest absolute Gasteiger partial charge is 0.457 e. The number of piperidine rings is 1. The summed E-state index contributed by atoms with van der Waals surface area (Å²) in [5.41, 5.74) is 4.64. The number of amides is 1. The van der Waals surface area contributed by atoms with Crippen molar-refractivity contribution in [3.63, 3.8) is 0 Å². The van der Waals surface area contributed by atoms with E-state index in [2.05, 4.69) is 17.9 Å². The third-order valence-electron chi connectivity index (χ3n) is 8.45. The average molecular weight is 437 g/mol. The Kier molecular flexibility index (Phi) is 4.47. The van der Waals surface area contributed by atoms with Gasteiger partial charge >= 0.3 is 11.9 Å². The van der Waals surface area contributed by atoms with E-state index < -0.39 is 0 Å². The van der Waals surface area contributed by atoms with Gasteiger partial charge in [0.25, 0.3) is 0 Å². The van der Waals surface area contributed by atoms with Crippen LogP contribution < -0.4 is 0 Å². The number of ether oxygens (including phenoxy) is 2. The molecule has 7 nitrogen and oxygen atoms in total. The van der Waals surface area contributed by atoms with Gasteiger partial charge < -0.3 is 14.4 Å². The molecule has 1 amide bonds. The second-order valence-corrected chi connectivity index (χ2v) is 9.96. The SMILES string of the molecule is Cc1c(CCN2C3CCC2CC2(CCN(C4=CC(=O)OC4)C2=O)C3)ccc2c1COC2=O. The Morgan fingerprint density at radius 3 is 2.56 bits per heavy atom. The number of carbonyl (C=O) groups is 3. The van der Waals surface area contributed by atoms with Crippen molar-refractivity contribution in [1.29, 1.82) is 0 Å². The summed E-state index contributed by atoms with van der Waals surface area (Å²) in [7, 11) is 0. The molecule has 3 fully saturated rings. The van der Waals surface area contributed by atoms with Gasteiger partial charge in [-0.2, -0.15) is 0 Å². The molecule has 6 rings (SSSR count). The second kappa shape index (κ2) is 7.17. The van der Waals surface area contributed by atoms with Crippen LogP contribution in [0.25, 0.3) is 0 Å². The van der Waals surface area contributed by atoms with Crippen molar-refractivity contribution in [2.75, 3.05) is 19.7 Å². The van der Waals surface area contributed by atoms with E-state index in [1.165, 1.54) is 17.2 Å². The number of nitrogens with zero attached hydrogens (tertiary/aromatic N) is 2. The molecule has 0 aliphatic carbocycles. The maximum Gasteiger partial charge on any atom is 0.338 e. The van der Waals surface area contributed by atoms with Crippen molar-refractivity contribution in [3.8, 4) is 0 Å². The van der Waals surface area contributed by atoms with Gasteiger partial charge in [-0.15, -0.1) is 0 Å². The van der Waals surface area contributed by atoms with Crippen LogP contribution in [0.2, 0.25) is 0 Å². The highest BCUT2D eigenvalue weighted by Crippen LogP contribution is 2.51.